The summed E-state index contributed by atoms with van der Waals surface area (Å²) in [5.74, 6) is 0.777. The number of aliphatic imine (C=N–C) groups is 1. The first-order chi connectivity index (χ1) is 17.4. The maximum Gasteiger partial charge on any atom is 0.266 e. The highest BCUT2D eigenvalue weighted by Gasteiger charge is 2.53. The number of rotatable bonds is 14. The standard InChI is InChI=1S/C27H35BrN4O4/c1-4-15-27(26(34)31-29-16-7-17-32(2)3)24(22-9-5-6-10-23(22)28)36-25(30-27)20-11-13-21(14-12-20)35-19-8-18-33/h4-6,9-14,24,29,33H,1,7-8,15-19H2,2-3H3,(H,31,34)/t24-,27-/m0/s1. The lowest BCUT2D eigenvalue weighted by Crippen LogP contribution is -2.52. The van der Waals surface area contributed by atoms with Gasteiger partial charge in [-0.15, -0.1) is 6.58 Å². The number of carbonyl (C=O) groups excluding carboxylic acids is 1. The van der Waals surface area contributed by atoms with E-state index in [1.165, 1.54) is 0 Å². The molecule has 194 valence electrons. The van der Waals surface area contributed by atoms with Crippen LogP contribution in [0.3, 0.4) is 0 Å². The number of amides is 1. The SMILES string of the molecule is C=CC[C@]1(C(=O)NNCCCN(C)C)N=C(c2ccc(OCCCO)cc2)O[C@H]1c1ccccc1Br. The molecule has 0 saturated carbocycles. The van der Waals surface area contributed by atoms with Gasteiger partial charge in [-0.25, -0.2) is 10.4 Å². The van der Waals surface area contributed by atoms with Crippen LogP contribution >= 0.6 is 15.9 Å². The van der Waals surface area contributed by atoms with Crippen molar-refractivity contribution in [2.24, 2.45) is 4.99 Å². The van der Waals surface area contributed by atoms with Gasteiger partial charge < -0.3 is 19.5 Å². The minimum atomic E-state index is -1.24. The molecule has 1 aliphatic heterocycles. The van der Waals surface area contributed by atoms with Crippen LogP contribution in [0.4, 0.5) is 0 Å². The minimum Gasteiger partial charge on any atom is -0.494 e. The zero-order chi connectivity index (χ0) is 26.0. The Balaban J connectivity index is 1.89. The van der Waals surface area contributed by atoms with Crippen molar-refractivity contribution < 1.29 is 19.4 Å². The molecule has 2 atom stereocenters. The molecule has 2 aromatic carbocycles. The fourth-order valence-corrected chi connectivity index (χ4v) is 4.43. The van der Waals surface area contributed by atoms with Gasteiger partial charge in [-0.3, -0.25) is 10.2 Å². The molecule has 9 heteroatoms. The molecule has 0 radical (unpaired) electrons. The Hall–Kier alpha value is -2.72. The summed E-state index contributed by atoms with van der Waals surface area (Å²) in [4.78, 5) is 20.6. The molecule has 2 aromatic rings. The van der Waals surface area contributed by atoms with Crippen LogP contribution in [-0.2, 0) is 9.53 Å². The van der Waals surface area contributed by atoms with Crippen molar-refractivity contribution in [2.45, 2.75) is 30.9 Å². The molecule has 8 nitrogen and oxygen atoms in total. The first kappa shape index (κ1) is 27.9. The van der Waals surface area contributed by atoms with Crippen molar-refractivity contribution >= 4 is 27.7 Å². The molecule has 1 amide bonds. The Morgan fingerprint density at radius 3 is 2.67 bits per heavy atom. The zero-order valence-electron chi connectivity index (χ0n) is 20.9. The highest BCUT2D eigenvalue weighted by atomic mass is 79.9. The van der Waals surface area contributed by atoms with Gasteiger partial charge in [0.25, 0.3) is 5.91 Å². The Morgan fingerprint density at radius 1 is 1.25 bits per heavy atom. The summed E-state index contributed by atoms with van der Waals surface area (Å²) in [5.41, 5.74) is 6.21. The third-order valence-electron chi connectivity index (χ3n) is 5.78. The summed E-state index contributed by atoms with van der Waals surface area (Å²) in [5, 5.41) is 8.95. The number of hydrogen-bond donors (Lipinski definition) is 3. The van der Waals surface area contributed by atoms with Gasteiger partial charge >= 0.3 is 0 Å². The van der Waals surface area contributed by atoms with E-state index in [0.717, 1.165) is 28.6 Å². The van der Waals surface area contributed by atoms with Gasteiger partial charge in [0.1, 0.15) is 5.75 Å². The third kappa shape index (κ3) is 6.94. The Kier molecular flexibility index (Phi) is 10.5. The number of halogens is 1. The van der Waals surface area contributed by atoms with Crippen LogP contribution < -0.4 is 15.6 Å². The van der Waals surface area contributed by atoms with E-state index in [1.807, 2.05) is 62.6 Å². The van der Waals surface area contributed by atoms with Gasteiger partial charge in [0.2, 0.25) is 5.90 Å². The number of nitrogens with zero attached hydrogens (tertiary/aromatic N) is 2. The summed E-state index contributed by atoms with van der Waals surface area (Å²) < 4.78 is 12.9. The first-order valence-electron chi connectivity index (χ1n) is 12.0. The number of aliphatic hydroxyl groups excluding tert-OH is 1. The Morgan fingerprint density at radius 2 is 2.00 bits per heavy atom. The molecule has 0 saturated heterocycles. The lowest BCUT2D eigenvalue weighted by molar-refractivity contribution is -0.129. The van der Waals surface area contributed by atoms with Gasteiger partial charge in [0, 0.05) is 41.6 Å². The first-order valence-corrected chi connectivity index (χ1v) is 12.8. The average Bonchev–Trinajstić information content (AvgIpc) is 3.25. The Labute approximate surface area is 221 Å². The van der Waals surface area contributed by atoms with E-state index in [9.17, 15) is 4.79 Å². The van der Waals surface area contributed by atoms with Gasteiger partial charge in [0.05, 0.1) is 6.61 Å². The van der Waals surface area contributed by atoms with Crippen molar-refractivity contribution in [3.63, 3.8) is 0 Å². The highest BCUT2D eigenvalue weighted by Crippen LogP contribution is 2.44. The lowest BCUT2D eigenvalue weighted by atomic mass is 9.84. The van der Waals surface area contributed by atoms with E-state index in [4.69, 9.17) is 19.6 Å². The van der Waals surface area contributed by atoms with Gasteiger partial charge in [-0.05, 0) is 57.4 Å². The van der Waals surface area contributed by atoms with E-state index in [2.05, 4.69) is 38.3 Å². The summed E-state index contributed by atoms with van der Waals surface area (Å²) in [6, 6.07) is 15.0. The van der Waals surface area contributed by atoms with Crippen molar-refractivity contribution in [1.29, 1.82) is 0 Å². The molecule has 1 aliphatic rings. The molecular weight excluding hydrogens is 524 g/mol. The average molecular weight is 560 g/mol. The largest absolute Gasteiger partial charge is 0.494 e. The Bertz CT molecular complexity index is 1040. The topological polar surface area (TPSA) is 95.4 Å². The van der Waals surface area contributed by atoms with Crippen molar-refractivity contribution in [1.82, 2.24) is 15.8 Å². The predicted molar refractivity (Wildman–Crippen MR) is 145 cm³/mol. The zero-order valence-corrected chi connectivity index (χ0v) is 22.5. The third-order valence-corrected chi connectivity index (χ3v) is 6.50. The van der Waals surface area contributed by atoms with Crippen molar-refractivity contribution in [2.75, 3.05) is 40.4 Å². The highest BCUT2D eigenvalue weighted by molar-refractivity contribution is 9.10. The second kappa shape index (κ2) is 13.5. The van der Waals surface area contributed by atoms with E-state index < -0.39 is 11.6 Å². The second-order valence-corrected chi connectivity index (χ2v) is 9.70. The predicted octanol–water partition coefficient (Wildman–Crippen LogP) is 3.62. The van der Waals surface area contributed by atoms with E-state index in [-0.39, 0.29) is 18.9 Å². The number of hydrogen-bond acceptors (Lipinski definition) is 7. The molecule has 0 aliphatic carbocycles. The smallest absolute Gasteiger partial charge is 0.266 e. The van der Waals surface area contributed by atoms with Crippen LogP contribution in [-0.4, -0.2) is 67.7 Å². The fourth-order valence-electron chi connectivity index (χ4n) is 3.93. The number of carbonyl (C=O) groups is 1. The van der Waals surface area contributed by atoms with Crippen LogP contribution in [0.1, 0.15) is 36.5 Å². The van der Waals surface area contributed by atoms with Crippen LogP contribution in [0.25, 0.3) is 0 Å². The summed E-state index contributed by atoms with van der Waals surface area (Å²) in [6.07, 6.45) is 2.77. The van der Waals surface area contributed by atoms with Crippen molar-refractivity contribution in [3.8, 4) is 5.75 Å². The minimum absolute atomic E-state index is 0.0805. The summed E-state index contributed by atoms with van der Waals surface area (Å²) in [6.45, 7) is 5.95. The molecule has 0 spiro atoms. The number of benzene rings is 2. The summed E-state index contributed by atoms with van der Waals surface area (Å²) >= 11 is 3.62. The van der Waals surface area contributed by atoms with Gasteiger partial charge in [0.15, 0.2) is 11.6 Å². The summed E-state index contributed by atoms with van der Waals surface area (Å²) in [7, 11) is 4.03. The molecular formula is C27H35BrN4O4. The molecule has 0 unspecified atom stereocenters. The number of hydrazine groups is 1. The molecule has 36 heavy (non-hydrogen) atoms. The van der Waals surface area contributed by atoms with Crippen LogP contribution in [0.15, 0.2) is 70.7 Å². The quantitative estimate of drug-likeness (QED) is 0.186. The number of aliphatic hydroxyl groups is 1. The van der Waals surface area contributed by atoms with E-state index in [1.54, 1.807) is 6.08 Å². The van der Waals surface area contributed by atoms with Crippen LogP contribution in [0.2, 0.25) is 0 Å². The van der Waals surface area contributed by atoms with Crippen LogP contribution in [0.5, 0.6) is 5.75 Å². The fraction of sp³-hybridized carbons (Fsp3) is 0.407. The maximum atomic E-state index is 13.7. The second-order valence-electron chi connectivity index (χ2n) is 8.84. The molecule has 0 aromatic heterocycles. The molecule has 0 fully saturated rings. The van der Waals surface area contributed by atoms with Crippen LogP contribution in [0, 0.1) is 0 Å². The molecule has 3 rings (SSSR count). The normalized spacial score (nSPS) is 19.0. The maximum absolute atomic E-state index is 13.7. The lowest BCUT2D eigenvalue weighted by Gasteiger charge is -2.30. The van der Waals surface area contributed by atoms with Gasteiger partial charge in [-0.2, -0.15) is 0 Å². The van der Waals surface area contributed by atoms with E-state index >= 15 is 0 Å². The molecule has 0 bridgehead atoms. The van der Waals surface area contributed by atoms with Gasteiger partial charge in [-0.1, -0.05) is 40.2 Å². The monoisotopic (exact) mass is 558 g/mol. The molecule has 3 N–H and O–H groups in total. The number of nitrogens with one attached hydrogen (secondary N) is 2. The number of ether oxygens (including phenoxy) is 2. The van der Waals surface area contributed by atoms with Crippen molar-refractivity contribution in [3.05, 3.63) is 76.8 Å². The molecule has 1 heterocycles. The van der Waals surface area contributed by atoms with E-state index in [0.29, 0.717) is 31.2 Å².